The molecule has 0 spiro atoms. The van der Waals surface area contributed by atoms with Crippen LogP contribution >= 0.6 is 0 Å². The molecular formula is C20H29N5O3. The van der Waals surface area contributed by atoms with Crippen LogP contribution in [0.1, 0.15) is 72.5 Å². The van der Waals surface area contributed by atoms with Gasteiger partial charge in [-0.2, -0.15) is 10.1 Å². The number of nitrogens with zero attached hydrogens (tertiary/aromatic N) is 5. The summed E-state index contributed by atoms with van der Waals surface area (Å²) in [6.07, 6.45) is 7.63. The number of likely N-dealkylation sites (tertiary alicyclic amines) is 1. The Labute approximate surface area is 165 Å². The highest BCUT2D eigenvalue weighted by atomic mass is 16.5. The third-order valence-electron chi connectivity index (χ3n) is 5.80. The van der Waals surface area contributed by atoms with Gasteiger partial charge >= 0.3 is 0 Å². The van der Waals surface area contributed by atoms with Crippen LogP contribution in [0.2, 0.25) is 0 Å². The van der Waals surface area contributed by atoms with Crippen LogP contribution in [0.15, 0.2) is 10.6 Å². The zero-order valence-corrected chi connectivity index (χ0v) is 16.8. The van der Waals surface area contributed by atoms with Gasteiger partial charge in [-0.1, -0.05) is 18.0 Å². The monoisotopic (exact) mass is 387 g/mol. The molecular weight excluding hydrogens is 358 g/mol. The molecule has 2 aliphatic rings. The summed E-state index contributed by atoms with van der Waals surface area (Å²) in [4.78, 5) is 19.3. The summed E-state index contributed by atoms with van der Waals surface area (Å²) in [6, 6.07) is 1.65. The zero-order chi connectivity index (χ0) is 19.5. The van der Waals surface area contributed by atoms with Crippen LogP contribution in [-0.2, 0) is 18.2 Å². The summed E-state index contributed by atoms with van der Waals surface area (Å²) in [7, 11) is 1.79. The first-order chi connectivity index (χ1) is 13.6. The molecule has 0 radical (unpaired) electrons. The summed E-state index contributed by atoms with van der Waals surface area (Å²) < 4.78 is 12.9. The van der Waals surface area contributed by atoms with Gasteiger partial charge in [0.2, 0.25) is 5.89 Å². The third-order valence-corrected chi connectivity index (χ3v) is 5.80. The van der Waals surface area contributed by atoms with Gasteiger partial charge in [0.25, 0.3) is 5.91 Å². The molecule has 1 aliphatic carbocycles. The number of carbonyl (C=O) groups excluding carboxylic acids is 1. The Morgan fingerprint density at radius 3 is 2.86 bits per heavy atom. The minimum Gasteiger partial charge on any atom is -0.381 e. The first-order valence-electron chi connectivity index (χ1n) is 10.3. The lowest BCUT2D eigenvalue weighted by Crippen LogP contribution is -2.32. The number of aromatic nitrogens is 4. The molecule has 2 aromatic heterocycles. The minimum atomic E-state index is -0.164. The summed E-state index contributed by atoms with van der Waals surface area (Å²) in [5.41, 5.74) is 1.42. The van der Waals surface area contributed by atoms with E-state index in [0.717, 1.165) is 31.1 Å². The van der Waals surface area contributed by atoms with Crippen LogP contribution in [0, 0.1) is 12.8 Å². The molecule has 3 heterocycles. The van der Waals surface area contributed by atoms with Crippen molar-refractivity contribution in [3.05, 3.63) is 29.2 Å². The van der Waals surface area contributed by atoms with Crippen molar-refractivity contribution in [2.45, 2.75) is 57.9 Å². The molecule has 4 rings (SSSR count). The van der Waals surface area contributed by atoms with Gasteiger partial charge in [-0.3, -0.25) is 9.48 Å². The molecule has 1 atom stereocenters. The van der Waals surface area contributed by atoms with E-state index in [1.165, 1.54) is 25.7 Å². The van der Waals surface area contributed by atoms with E-state index in [4.69, 9.17) is 9.26 Å². The maximum Gasteiger partial charge on any atom is 0.272 e. The lowest BCUT2D eigenvalue weighted by Gasteiger charge is -2.21. The summed E-state index contributed by atoms with van der Waals surface area (Å²) >= 11 is 0. The highest BCUT2D eigenvalue weighted by molar-refractivity contribution is 5.93. The number of amides is 1. The Balaban J connectivity index is 1.34. The lowest BCUT2D eigenvalue weighted by atomic mass is 10.1. The Morgan fingerprint density at radius 2 is 2.11 bits per heavy atom. The average molecular weight is 387 g/mol. The van der Waals surface area contributed by atoms with E-state index in [0.29, 0.717) is 37.0 Å². The Kier molecular flexibility index (Phi) is 5.75. The van der Waals surface area contributed by atoms with Crippen molar-refractivity contribution in [3.63, 3.8) is 0 Å². The van der Waals surface area contributed by atoms with E-state index in [1.54, 1.807) is 11.7 Å². The standard InChI is InChI=1S/C20H29N5O3/c1-14-12-17(24(2)22-14)20(26)25-10-5-8-16(25)19-21-18(23-28-19)9-11-27-13-15-6-3-4-7-15/h12,15-16H,3-11,13H2,1-2H3. The maximum atomic E-state index is 13.0. The molecule has 2 aromatic rings. The number of aryl methyl sites for hydroxylation is 2. The van der Waals surface area contributed by atoms with Gasteiger partial charge in [-0.15, -0.1) is 0 Å². The van der Waals surface area contributed by atoms with Gasteiger partial charge in [-0.25, -0.2) is 0 Å². The van der Waals surface area contributed by atoms with Gasteiger partial charge in [-0.05, 0) is 44.6 Å². The normalized spacial score (nSPS) is 20.4. The molecule has 28 heavy (non-hydrogen) atoms. The Bertz CT molecular complexity index is 809. The molecule has 0 bridgehead atoms. The second-order valence-corrected chi connectivity index (χ2v) is 7.98. The molecule has 152 valence electrons. The molecule has 8 heteroatoms. The van der Waals surface area contributed by atoms with Gasteiger partial charge in [0.15, 0.2) is 5.82 Å². The van der Waals surface area contributed by atoms with E-state index in [-0.39, 0.29) is 11.9 Å². The third kappa shape index (κ3) is 4.11. The van der Waals surface area contributed by atoms with Crippen LogP contribution in [0.3, 0.4) is 0 Å². The molecule has 1 unspecified atom stereocenters. The maximum absolute atomic E-state index is 13.0. The first kappa shape index (κ1) is 19.1. The second kappa shape index (κ2) is 8.43. The molecule has 1 aliphatic heterocycles. The fourth-order valence-corrected chi connectivity index (χ4v) is 4.32. The van der Waals surface area contributed by atoms with Crippen LogP contribution in [0.4, 0.5) is 0 Å². The number of rotatable bonds is 7. The molecule has 8 nitrogen and oxygen atoms in total. The smallest absolute Gasteiger partial charge is 0.272 e. The van der Waals surface area contributed by atoms with E-state index in [1.807, 2.05) is 17.9 Å². The molecule has 1 saturated carbocycles. The highest BCUT2D eigenvalue weighted by Gasteiger charge is 2.35. The van der Waals surface area contributed by atoms with Crippen molar-refractivity contribution < 1.29 is 14.1 Å². The van der Waals surface area contributed by atoms with E-state index in [9.17, 15) is 4.79 Å². The SMILES string of the molecule is Cc1cc(C(=O)N2CCCC2c2nc(CCOCC3CCCC3)no2)n(C)n1. The van der Waals surface area contributed by atoms with Crippen molar-refractivity contribution in [1.82, 2.24) is 24.8 Å². The topological polar surface area (TPSA) is 86.3 Å². The number of carbonyl (C=O) groups is 1. The van der Waals surface area contributed by atoms with E-state index < -0.39 is 0 Å². The van der Waals surface area contributed by atoms with Gasteiger partial charge < -0.3 is 14.2 Å². The van der Waals surface area contributed by atoms with Gasteiger partial charge in [0.1, 0.15) is 11.7 Å². The van der Waals surface area contributed by atoms with Crippen molar-refractivity contribution in [1.29, 1.82) is 0 Å². The number of ether oxygens (including phenoxy) is 1. The predicted molar refractivity (Wildman–Crippen MR) is 102 cm³/mol. The summed E-state index contributed by atoms with van der Waals surface area (Å²) in [5.74, 6) is 1.85. The summed E-state index contributed by atoms with van der Waals surface area (Å²) in [6.45, 7) is 4.02. The zero-order valence-electron chi connectivity index (χ0n) is 16.8. The van der Waals surface area contributed by atoms with Crippen molar-refractivity contribution in [3.8, 4) is 0 Å². The average Bonchev–Trinajstić information content (AvgIpc) is 3.45. The van der Waals surface area contributed by atoms with Crippen molar-refractivity contribution in [2.24, 2.45) is 13.0 Å². The fraction of sp³-hybridized carbons (Fsp3) is 0.700. The van der Waals surface area contributed by atoms with Crippen LogP contribution in [0.25, 0.3) is 0 Å². The van der Waals surface area contributed by atoms with Crippen molar-refractivity contribution in [2.75, 3.05) is 19.8 Å². The minimum absolute atomic E-state index is 0.0368. The van der Waals surface area contributed by atoms with Gasteiger partial charge in [0.05, 0.1) is 12.3 Å². The van der Waals surface area contributed by atoms with Crippen LogP contribution in [0.5, 0.6) is 0 Å². The molecule has 2 fully saturated rings. The predicted octanol–water partition coefficient (Wildman–Crippen LogP) is 2.84. The largest absolute Gasteiger partial charge is 0.381 e. The molecule has 0 N–H and O–H groups in total. The van der Waals surface area contributed by atoms with Gasteiger partial charge in [0, 0.05) is 26.6 Å². The number of hydrogen-bond donors (Lipinski definition) is 0. The Hall–Kier alpha value is -2.22. The molecule has 0 aromatic carbocycles. The quantitative estimate of drug-likeness (QED) is 0.679. The molecule has 1 amide bonds. The Morgan fingerprint density at radius 1 is 1.29 bits per heavy atom. The fourth-order valence-electron chi connectivity index (χ4n) is 4.32. The van der Waals surface area contributed by atoms with E-state index in [2.05, 4.69) is 15.2 Å². The first-order valence-corrected chi connectivity index (χ1v) is 10.3. The number of hydrogen-bond acceptors (Lipinski definition) is 6. The van der Waals surface area contributed by atoms with Crippen LogP contribution in [-0.4, -0.2) is 50.5 Å². The second-order valence-electron chi connectivity index (χ2n) is 7.98. The molecule has 1 saturated heterocycles. The lowest BCUT2D eigenvalue weighted by molar-refractivity contribution is 0.0699. The van der Waals surface area contributed by atoms with Crippen LogP contribution < -0.4 is 0 Å². The van der Waals surface area contributed by atoms with E-state index >= 15 is 0 Å². The highest BCUT2D eigenvalue weighted by Crippen LogP contribution is 2.32. The van der Waals surface area contributed by atoms with Crippen molar-refractivity contribution >= 4 is 5.91 Å². The summed E-state index contributed by atoms with van der Waals surface area (Å²) in [5, 5.41) is 8.38.